The van der Waals surface area contributed by atoms with E-state index in [0.29, 0.717) is 5.82 Å². The van der Waals surface area contributed by atoms with E-state index in [4.69, 9.17) is 4.74 Å². The summed E-state index contributed by atoms with van der Waals surface area (Å²) in [7, 11) is 1.23. The van der Waals surface area contributed by atoms with Crippen molar-refractivity contribution in [3.63, 3.8) is 0 Å². The van der Waals surface area contributed by atoms with E-state index < -0.39 is 30.1 Å². The Bertz CT molecular complexity index is 1150. The minimum Gasteiger partial charge on any atom is -0.467 e. The highest BCUT2D eigenvalue weighted by Crippen LogP contribution is 2.44. The number of nitrogens with one attached hydrogen (secondary N) is 3. The molecule has 0 saturated heterocycles. The molecule has 0 bridgehead atoms. The zero-order valence-electron chi connectivity index (χ0n) is 19.4. The molecule has 1 aliphatic rings. The maximum atomic E-state index is 12.8. The molecule has 2 amide bonds. The first-order chi connectivity index (χ1) is 17.0. The van der Waals surface area contributed by atoms with Crippen molar-refractivity contribution in [1.29, 1.82) is 0 Å². The Balaban J connectivity index is 1.42. The topological polar surface area (TPSA) is 148 Å². The first-order valence-electron chi connectivity index (χ1n) is 11.2. The number of methoxy groups -OCH3 is 1. The van der Waals surface area contributed by atoms with Gasteiger partial charge in [-0.15, -0.1) is 10.2 Å². The van der Waals surface area contributed by atoms with E-state index in [1.54, 1.807) is 0 Å². The SMILES string of the molecule is COC(=O)[C@H](C)NC(=O)[C@H](CCc1nn[nH]n1)NC(=O)OCC1c2ccccc2-c2ccccc21. The molecule has 0 saturated carbocycles. The van der Waals surface area contributed by atoms with Crippen LogP contribution >= 0.6 is 0 Å². The van der Waals surface area contributed by atoms with Crippen molar-refractivity contribution in [2.24, 2.45) is 0 Å². The number of nitrogens with zero attached hydrogens (tertiary/aromatic N) is 3. The molecule has 1 aromatic heterocycles. The highest BCUT2D eigenvalue weighted by atomic mass is 16.5. The number of aryl methyl sites for hydroxylation is 1. The first kappa shape index (κ1) is 23.9. The fourth-order valence-electron chi connectivity index (χ4n) is 4.16. The molecule has 1 heterocycles. The number of alkyl carbamates (subject to hydrolysis) is 1. The Kier molecular flexibility index (Phi) is 7.34. The number of rotatable bonds is 9. The summed E-state index contributed by atoms with van der Waals surface area (Å²) in [6.07, 6.45) is -0.306. The van der Waals surface area contributed by atoms with E-state index in [-0.39, 0.29) is 25.4 Å². The van der Waals surface area contributed by atoms with Crippen molar-refractivity contribution in [1.82, 2.24) is 31.3 Å². The lowest BCUT2D eigenvalue weighted by molar-refractivity contribution is -0.144. The monoisotopic (exact) mass is 478 g/mol. The van der Waals surface area contributed by atoms with Crippen LogP contribution in [0.1, 0.15) is 36.2 Å². The molecule has 0 aliphatic heterocycles. The average molecular weight is 479 g/mol. The quantitative estimate of drug-likeness (QED) is 0.394. The molecule has 2 atom stereocenters. The molecule has 0 radical (unpaired) electrons. The molecule has 11 heteroatoms. The van der Waals surface area contributed by atoms with Crippen LogP contribution in [0.3, 0.4) is 0 Å². The maximum Gasteiger partial charge on any atom is 0.407 e. The number of amides is 2. The van der Waals surface area contributed by atoms with Gasteiger partial charge in [0.2, 0.25) is 5.91 Å². The van der Waals surface area contributed by atoms with Crippen molar-refractivity contribution in [2.45, 2.75) is 37.8 Å². The van der Waals surface area contributed by atoms with Crippen LogP contribution in [0.4, 0.5) is 4.79 Å². The van der Waals surface area contributed by atoms with E-state index in [9.17, 15) is 14.4 Å². The van der Waals surface area contributed by atoms with Gasteiger partial charge < -0.3 is 20.1 Å². The fourth-order valence-corrected chi connectivity index (χ4v) is 4.16. The van der Waals surface area contributed by atoms with Crippen LogP contribution in [0.25, 0.3) is 11.1 Å². The van der Waals surface area contributed by atoms with Crippen LogP contribution in [0.2, 0.25) is 0 Å². The lowest BCUT2D eigenvalue weighted by Crippen LogP contribution is -2.51. The van der Waals surface area contributed by atoms with Crippen molar-refractivity contribution in [3.8, 4) is 11.1 Å². The van der Waals surface area contributed by atoms with Crippen molar-refractivity contribution in [3.05, 3.63) is 65.5 Å². The molecular weight excluding hydrogens is 452 g/mol. The number of tetrazole rings is 1. The Morgan fingerprint density at radius 2 is 1.69 bits per heavy atom. The van der Waals surface area contributed by atoms with E-state index in [2.05, 4.69) is 48.1 Å². The van der Waals surface area contributed by atoms with Crippen molar-refractivity contribution < 1.29 is 23.9 Å². The molecule has 3 aromatic rings. The van der Waals surface area contributed by atoms with Gasteiger partial charge in [-0.2, -0.15) is 5.21 Å². The highest BCUT2D eigenvalue weighted by Gasteiger charge is 2.30. The number of ether oxygens (including phenoxy) is 2. The number of esters is 1. The van der Waals surface area contributed by atoms with Crippen LogP contribution in [-0.2, 0) is 25.5 Å². The van der Waals surface area contributed by atoms with Gasteiger partial charge in [-0.1, -0.05) is 53.7 Å². The second-order valence-corrected chi connectivity index (χ2v) is 8.14. The lowest BCUT2D eigenvalue weighted by atomic mass is 9.98. The third kappa shape index (κ3) is 5.45. The number of H-pyrrole nitrogens is 1. The van der Waals surface area contributed by atoms with Gasteiger partial charge in [-0.25, -0.2) is 9.59 Å². The van der Waals surface area contributed by atoms with E-state index >= 15 is 0 Å². The van der Waals surface area contributed by atoms with Gasteiger partial charge >= 0.3 is 12.1 Å². The van der Waals surface area contributed by atoms with Gasteiger partial charge in [-0.3, -0.25) is 4.79 Å². The van der Waals surface area contributed by atoms with Crippen LogP contribution in [-0.4, -0.2) is 64.4 Å². The molecule has 2 aromatic carbocycles. The Morgan fingerprint density at radius 1 is 1.03 bits per heavy atom. The molecule has 4 rings (SSSR count). The number of fused-ring (bicyclic) bond motifs is 3. The summed E-state index contributed by atoms with van der Waals surface area (Å²) in [6, 6.07) is 14.1. The van der Waals surface area contributed by atoms with E-state index in [0.717, 1.165) is 22.3 Å². The Hall–Kier alpha value is -4.28. The van der Waals surface area contributed by atoms with Gasteiger partial charge in [0.05, 0.1) is 7.11 Å². The number of aromatic amines is 1. The van der Waals surface area contributed by atoms with Gasteiger partial charge in [-0.05, 0) is 35.6 Å². The first-order valence-corrected chi connectivity index (χ1v) is 11.2. The van der Waals surface area contributed by atoms with Crippen LogP contribution < -0.4 is 10.6 Å². The molecule has 35 heavy (non-hydrogen) atoms. The van der Waals surface area contributed by atoms with Crippen molar-refractivity contribution >= 4 is 18.0 Å². The molecule has 0 unspecified atom stereocenters. The van der Waals surface area contributed by atoms with Crippen LogP contribution in [0.15, 0.2) is 48.5 Å². The highest BCUT2D eigenvalue weighted by molar-refractivity contribution is 5.89. The summed E-state index contributed by atoms with van der Waals surface area (Å²) >= 11 is 0. The van der Waals surface area contributed by atoms with Gasteiger partial charge in [0, 0.05) is 12.3 Å². The largest absolute Gasteiger partial charge is 0.467 e. The Morgan fingerprint density at radius 3 is 2.29 bits per heavy atom. The van der Waals surface area contributed by atoms with E-state index in [1.807, 2.05) is 36.4 Å². The number of carbonyl (C=O) groups is 3. The van der Waals surface area contributed by atoms with Crippen LogP contribution in [0, 0.1) is 0 Å². The average Bonchev–Trinajstić information content (AvgIpc) is 3.51. The molecule has 182 valence electrons. The standard InChI is InChI=1S/C24H26N6O5/c1-14(23(32)34-2)25-22(31)20(11-12-21-27-29-30-28-21)26-24(33)35-13-19-17-9-5-3-7-15(17)16-8-4-6-10-18(16)19/h3-10,14,19-20H,11-13H2,1-2H3,(H,25,31)(H,26,33)(H,27,28,29,30)/t14-,20-/m0/s1. The summed E-state index contributed by atoms with van der Waals surface area (Å²) in [5.74, 6) is -0.881. The summed E-state index contributed by atoms with van der Waals surface area (Å²) < 4.78 is 10.2. The summed E-state index contributed by atoms with van der Waals surface area (Å²) in [4.78, 5) is 37.2. The zero-order chi connectivity index (χ0) is 24.8. The predicted octanol–water partition coefficient (Wildman–Crippen LogP) is 1.72. The summed E-state index contributed by atoms with van der Waals surface area (Å²) in [5.41, 5.74) is 4.40. The molecule has 1 aliphatic carbocycles. The fraction of sp³-hybridized carbons (Fsp3) is 0.333. The molecule has 0 fully saturated rings. The minimum atomic E-state index is -0.990. The van der Waals surface area contributed by atoms with Crippen molar-refractivity contribution in [2.75, 3.05) is 13.7 Å². The van der Waals surface area contributed by atoms with Gasteiger partial charge in [0.1, 0.15) is 18.7 Å². The molecule has 0 spiro atoms. The number of aromatic nitrogens is 4. The second kappa shape index (κ2) is 10.8. The lowest BCUT2D eigenvalue weighted by Gasteiger charge is -2.21. The van der Waals surface area contributed by atoms with Gasteiger partial charge in [0.15, 0.2) is 5.82 Å². The van der Waals surface area contributed by atoms with E-state index in [1.165, 1.54) is 14.0 Å². The third-order valence-corrected chi connectivity index (χ3v) is 5.91. The normalized spacial score (nSPS) is 13.8. The minimum absolute atomic E-state index is 0.109. The zero-order valence-corrected chi connectivity index (χ0v) is 19.4. The maximum absolute atomic E-state index is 12.8. The Labute approximate surface area is 201 Å². The van der Waals surface area contributed by atoms with Gasteiger partial charge in [0.25, 0.3) is 0 Å². The molecule has 3 N–H and O–H groups in total. The van der Waals surface area contributed by atoms with Crippen LogP contribution in [0.5, 0.6) is 0 Å². The molecule has 11 nitrogen and oxygen atoms in total. The third-order valence-electron chi connectivity index (χ3n) is 5.91. The number of benzene rings is 2. The summed E-state index contributed by atoms with van der Waals surface area (Å²) in [6.45, 7) is 1.60. The number of hydrogen-bond donors (Lipinski definition) is 3. The number of hydrogen-bond acceptors (Lipinski definition) is 8. The smallest absolute Gasteiger partial charge is 0.407 e. The predicted molar refractivity (Wildman–Crippen MR) is 124 cm³/mol. The molecular formula is C24H26N6O5. The number of carbonyl (C=O) groups excluding carboxylic acids is 3. The second-order valence-electron chi connectivity index (χ2n) is 8.14. The summed E-state index contributed by atoms with van der Waals surface area (Å²) in [5, 5.41) is 18.7.